The second kappa shape index (κ2) is 11.0. The summed E-state index contributed by atoms with van der Waals surface area (Å²) in [6.45, 7) is 2.19. The van der Waals surface area contributed by atoms with Crippen molar-refractivity contribution in [3.8, 4) is 11.5 Å². The lowest BCUT2D eigenvalue weighted by molar-refractivity contribution is 0.0565. The number of carbonyl (C=O) groups is 2. The monoisotopic (exact) mass is 440 g/mol. The van der Waals surface area contributed by atoms with Gasteiger partial charge in [-0.3, -0.25) is 4.79 Å². The summed E-state index contributed by atoms with van der Waals surface area (Å²) in [7, 11) is 6.69. The van der Waals surface area contributed by atoms with Gasteiger partial charge in [0.05, 0.1) is 32.5 Å². The van der Waals surface area contributed by atoms with Crippen LogP contribution in [0.4, 0.5) is 0 Å². The van der Waals surface area contributed by atoms with E-state index in [-0.39, 0.29) is 11.9 Å². The Kier molecular flexibility index (Phi) is 8.11. The van der Waals surface area contributed by atoms with Crippen molar-refractivity contribution in [2.45, 2.75) is 25.3 Å². The molecule has 0 aromatic heterocycles. The molecular weight excluding hydrogens is 408 g/mol. The number of methoxy groups -OCH3 is 3. The number of hydrogen-bond acceptors (Lipinski definition) is 6. The van der Waals surface area contributed by atoms with Crippen LogP contribution >= 0.6 is 0 Å². The zero-order valence-electron chi connectivity index (χ0n) is 19.3. The minimum absolute atomic E-state index is 0.121. The van der Waals surface area contributed by atoms with Crippen LogP contribution in [-0.2, 0) is 11.2 Å². The van der Waals surface area contributed by atoms with Gasteiger partial charge in [0.2, 0.25) is 0 Å². The SMILES string of the molecule is COC(=O)c1ccccc1C(=O)N1CCC[C@H](N(C)CCc2ccc(OC)c(OC)c2)C1. The summed E-state index contributed by atoms with van der Waals surface area (Å²) in [5.41, 5.74) is 1.88. The first kappa shape index (κ1) is 23.6. The van der Waals surface area contributed by atoms with Crippen molar-refractivity contribution >= 4 is 11.9 Å². The van der Waals surface area contributed by atoms with Crippen LogP contribution in [0.2, 0.25) is 0 Å². The van der Waals surface area contributed by atoms with Crippen molar-refractivity contribution in [2.24, 2.45) is 0 Å². The Balaban J connectivity index is 1.63. The highest BCUT2D eigenvalue weighted by Gasteiger charge is 2.29. The number of likely N-dealkylation sites (tertiary alicyclic amines) is 1. The fraction of sp³-hybridized carbons (Fsp3) is 0.440. The number of esters is 1. The zero-order chi connectivity index (χ0) is 23.1. The molecule has 1 aliphatic heterocycles. The number of likely N-dealkylation sites (N-methyl/N-ethyl adjacent to an activating group) is 1. The van der Waals surface area contributed by atoms with Gasteiger partial charge in [-0.15, -0.1) is 0 Å². The molecule has 1 amide bonds. The first-order valence-corrected chi connectivity index (χ1v) is 10.9. The predicted molar refractivity (Wildman–Crippen MR) is 123 cm³/mol. The molecule has 1 fully saturated rings. The number of carbonyl (C=O) groups excluding carboxylic acids is 2. The van der Waals surface area contributed by atoms with Gasteiger partial charge in [-0.1, -0.05) is 18.2 Å². The topological polar surface area (TPSA) is 68.3 Å². The highest BCUT2D eigenvalue weighted by atomic mass is 16.5. The number of piperidine rings is 1. The van der Waals surface area contributed by atoms with E-state index in [1.165, 1.54) is 12.7 Å². The molecule has 7 heteroatoms. The largest absolute Gasteiger partial charge is 0.493 e. The smallest absolute Gasteiger partial charge is 0.338 e. The molecule has 1 saturated heterocycles. The van der Waals surface area contributed by atoms with E-state index in [1.807, 2.05) is 17.0 Å². The fourth-order valence-corrected chi connectivity index (χ4v) is 4.15. The van der Waals surface area contributed by atoms with Gasteiger partial charge in [0.1, 0.15) is 0 Å². The third-order valence-electron chi connectivity index (χ3n) is 6.07. The van der Waals surface area contributed by atoms with E-state index in [9.17, 15) is 9.59 Å². The summed E-state index contributed by atoms with van der Waals surface area (Å²) in [6.07, 6.45) is 2.83. The predicted octanol–water partition coefficient (Wildman–Crippen LogP) is 3.27. The van der Waals surface area contributed by atoms with Crippen LogP contribution in [0.3, 0.4) is 0 Å². The van der Waals surface area contributed by atoms with E-state index in [2.05, 4.69) is 18.0 Å². The van der Waals surface area contributed by atoms with E-state index >= 15 is 0 Å². The third kappa shape index (κ3) is 5.40. The van der Waals surface area contributed by atoms with E-state index in [4.69, 9.17) is 14.2 Å². The minimum atomic E-state index is -0.491. The molecule has 1 atom stereocenters. The third-order valence-corrected chi connectivity index (χ3v) is 6.07. The van der Waals surface area contributed by atoms with Crippen molar-refractivity contribution in [1.29, 1.82) is 0 Å². The molecule has 0 radical (unpaired) electrons. The van der Waals surface area contributed by atoms with E-state index in [1.54, 1.807) is 38.5 Å². The summed E-state index contributed by atoms with van der Waals surface area (Å²) in [6, 6.07) is 13.1. The highest BCUT2D eigenvalue weighted by molar-refractivity contribution is 6.05. The Bertz CT molecular complexity index is 946. The van der Waals surface area contributed by atoms with Crippen LogP contribution in [0, 0.1) is 0 Å². The molecule has 32 heavy (non-hydrogen) atoms. The van der Waals surface area contributed by atoms with Crippen LogP contribution in [0.5, 0.6) is 11.5 Å². The second-order valence-corrected chi connectivity index (χ2v) is 8.00. The van der Waals surface area contributed by atoms with Gasteiger partial charge < -0.3 is 24.0 Å². The number of rotatable bonds is 8. The summed E-state index contributed by atoms with van der Waals surface area (Å²) >= 11 is 0. The Labute approximate surface area is 189 Å². The summed E-state index contributed by atoms with van der Waals surface area (Å²) in [4.78, 5) is 29.4. The lowest BCUT2D eigenvalue weighted by Gasteiger charge is -2.38. The molecule has 2 aromatic carbocycles. The van der Waals surface area contributed by atoms with Gasteiger partial charge in [0, 0.05) is 25.7 Å². The quantitative estimate of drug-likeness (QED) is 0.587. The maximum absolute atomic E-state index is 13.2. The van der Waals surface area contributed by atoms with E-state index < -0.39 is 5.97 Å². The fourth-order valence-electron chi connectivity index (χ4n) is 4.15. The number of hydrogen-bond donors (Lipinski definition) is 0. The van der Waals surface area contributed by atoms with Gasteiger partial charge in [-0.2, -0.15) is 0 Å². The van der Waals surface area contributed by atoms with Crippen molar-refractivity contribution < 1.29 is 23.8 Å². The molecule has 7 nitrogen and oxygen atoms in total. The lowest BCUT2D eigenvalue weighted by Crippen LogP contribution is -2.49. The Morgan fingerprint density at radius 1 is 1.03 bits per heavy atom. The normalized spacial score (nSPS) is 16.0. The molecule has 2 aromatic rings. The van der Waals surface area contributed by atoms with Crippen molar-refractivity contribution in [3.63, 3.8) is 0 Å². The average molecular weight is 441 g/mol. The van der Waals surface area contributed by atoms with Crippen LogP contribution in [0.1, 0.15) is 39.1 Å². The van der Waals surface area contributed by atoms with Gasteiger partial charge in [-0.25, -0.2) is 4.79 Å². The number of nitrogens with zero attached hydrogens (tertiary/aromatic N) is 2. The molecule has 0 unspecified atom stereocenters. The maximum atomic E-state index is 13.2. The molecule has 172 valence electrons. The van der Waals surface area contributed by atoms with Gasteiger partial charge in [0.25, 0.3) is 5.91 Å². The van der Waals surface area contributed by atoms with Gasteiger partial charge in [-0.05, 0) is 56.1 Å². The van der Waals surface area contributed by atoms with Crippen molar-refractivity contribution in [3.05, 3.63) is 59.2 Å². The average Bonchev–Trinajstić information content (AvgIpc) is 2.86. The zero-order valence-corrected chi connectivity index (χ0v) is 19.3. The standard InChI is InChI=1S/C25H32N2O5/c1-26(15-13-18-11-12-22(30-2)23(16-18)31-3)19-8-7-14-27(17-19)24(28)20-9-5-6-10-21(20)25(29)32-4/h5-6,9-12,16,19H,7-8,13-15,17H2,1-4H3/t19-/m0/s1. The number of amides is 1. The van der Waals surface area contributed by atoms with Gasteiger partial charge in [0.15, 0.2) is 11.5 Å². The van der Waals surface area contributed by atoms with Crippen molar-refractivity contribution in [1.82, 2.24) is 9.80 Å². The molecule has 3 rings (SSSR count). The summed E-state index contributed by atoms with van der Waals surface area (Å²) < 4.78 is 15.6. The summed E-state index contributed by atoms with van der Waals surface area (Å²) in [5.74, 6) is 0.836. The lowest BCUT2D eigenvalue weighted by atomic mass is 10.0. The van der Waals surface area contributed by atoms with E-state index in [0.29, 0.717) is 24.2 Å². The number of benzene rings is 2. The maximum Gasteiger partial charge on any atom is 0.338 e. The molecule has 1 aliphatic rings. The number of ether oxygens (including phenoxy) is 3. The van der Waals surface area contributed by atoms with Gasteiger partial charge >= 0.3 is 5.97 Å². The molecule has 0 aliphatic carbocycles. The van der Waals surface area contributed by atoms with Crippen LogP contribution < -0.4 is 9.47 Å². The summed E-state index contributed by atoms with van der Waals surface area (Å²) in [5, 5.41) is 0. The van der Waals surface area contributed by atoms with Crippen LogP contribution in [-0.4, -0.2) is 75.7 Å². The molecule has 0 spiro atoms. The molecule has 0 N–H and O–H groups in total. The Morgan fingerprint density at radius 3 is 2.44 bits per heavy atom. The molecule has 1 heterocycles. The Hall–Kier alpha value is -3.06. The molecular formula is C25H32N2O5. The van der Waals surface area contributed by atoms with Crippen LogP contribution in [0.25, 0.3) is 0 Å². The van der Waals surface area contributed by atoms with Crippen molar-refractivity contribution in [2.75, 3.05) is 48.0 Å². The van der Waals surface area contributed by atoms with E-state index in [0.717, 1.165) is 37.3 Å². The highest BCUT2D eigenvalue weighted by Crippen LogP contribution is 2.28. The molecule has 0 bridgehead atoms. The minimum Gasteiger partial charge on any atom is -0.493 e. The second-order valence-electron chi connectivity index (χ2n) is 8.00. The molecule has 0 saturated carbocycles. The van der Waals surface area contributed by atoms with Crippen LogP contribution in [0.15, 0.2) is 42.5 Å². The first-order valence-electron chi connectivity index (χ1n) is 10.9. The first-order chi connectivity index (χ1) is 15.5. The Morgan fingerprint density at radius 2 is 1.75 bits per heavy atom.